The summed E-state index contributed by atoms with van der Waals surface area (Å²) >= 11 is 0. The van der Waals surface area contributed by atoms with Crippen molar-refractivity contribution in [1.82, 2.24) is 15.5 Å². The molecule has 1 aromatic carbocycles. The van der Waals surface area contributed by atoms with Crippen LogP contribution in [0.5, 0.6) is 0 Å². The number of para-hydroxylation sites is 1. The summed E-state index contributed by atoms with van der Waals surface area (Å²) in [5.74, 6) is 0. The first-order chi connectivity index (χ1) is 11.9. The Labute approximate surface area is 148 Å². The lowest BCUT2D eigenvalue weighted by atomic mass is 9.87. The van der Waals surface area contributed by atoms with Gasteiger partial charge in [0.15, 0.2) is 0 Å². The second-order valence-corrected chi connectivity index (χ2v) is 5.76. The third-order valence-electron chi connectivity index (χ3n) is 4.25. The van der Waals surface area contributed by atoms with Crippen molar-refractivity contribution < 1.29 is 9.59 Å². The number of nitrogens with zero attached hydrogens (tertiary/aromatic N) is 2. The molecule has 6 nitrogen and oxygen atoms in total. The van der Waals surface area contributed by atoms with Crippen LogP contribution in [0.3, 0.4) is 0 Å². The van der Waals surface area contributed by atoms with Gasteiger partial charge in [-0.1, -0.05) is 43.0 Å². The maximum Gasteiger partial charge on any atom is 0.321 e. The lowest BCUT2D eigenvalue weighted by Gasteiger charge is -2.34. The van der Waals surface area contributed by atoms with Crippen LogP contribution in [0.2, 0.25) is 0 Å². The molecule has 132 valence electrons. The highest BCUT2D eigenvalue weighted by Crippen LogP contribution is 2.35. The molecule has 2 rings (SSSR count). The number of carbonyl (C=O) groups excluding carboxylic acids is 2. The molecule has 0 radical (unpaired) electrons. The Hall–Kier alpha value is -3.02. The number of rotatable bonds is 3. The topological polar surface area (TPSA) is 64.7 Å². The van der Waals surface area contributed by atoms with Gasteiger partial charge in [-0.25, -0.2) is 9.59 Å². The molecular weight excluding hydrogens is 316 g/mol. The Morgan fingerprint density at radius 1 is 1.08 bits per heavy atom. The summed E-state index contributed by atoms with van der Waals surface area (Å²) in [6, 6.07) is 6.88. The van der Waals surface area contributed by atoms with Crippen molar-refractivity contribution in [2.24, 2.45) is 0 Å². The molecule has 1 aliphatic rings. The zero-order valence-electron chi connectivity index (χ0n) is 15.0. The molecule has 6 heteroatoms. The molecular formula is C19H24N4O2. The van der Waals surface area contributed by atoms with E-state index in [1.54, 1.807) is 38.0 Å². The predicted molar refractivity (Wildman–Crippen MR) is 102 cm³/mol. The fourth-order valence-corrected chi connectivity index (χ4v) is 2.93. The number of hydrogen-bond donors (Lipinski definition) is 2. The number of urea groups is 2. The highest BCUT2D eigenvalue weighted by Gasteiger charge is 2.29. The standard InChI is InChI=1S/C19H24N4O2/c1-13-9-8-11-15(17(13)23(5)19(25)21-3)14-10-6-7-12-16(14)22(4)18(24)20-2/h6-12,17H,1H2,2-5H3,(H,20,24)(H,21,25). The van der Waals surface area contributed by atoms with Crippen LogP contribution in [0.15, 0.2) is 54.6 Å². The van der Waals surface area contributed by atoms with E-state index in [1.165, 1.54) is 0 Å². The van der Waals surface area contributed by atoms with E-state index >= 15 is 0 Å². The quantitative estimate of drug-likeness (QED) is 0.888. The van der Waals surface area contributed by atoms with Crippen molar-refractivity contribution in [1.29, 1.82) is 0 Å². The Bertz CT molecular complexity index is 752. The molecule has 2 N–H and O–H groups in total. The summed E-state index contributed by atoms with van der Waals surface area (Å²) in [6.07, 6.45) is 5.75. The highest BCUT2D eigenvalue weighted by molar-refractivity contribution is 5.96. The summed E-state index contributed by atoms with van der Waals surface area (Å²) in [6.45, 7) is 4.09. The third kappa shape index (κ3) is 3.57. The lowest BCUT2D eigenvalue weighted by Crippen LogP contribution is -2.44. The minimum absolute atomic E-state index is 0.204. The van der Waals surface area contributed by atoms with E-state index in [1.807, 2.05) is 42.5 Å². The van der Waals surface area contributed by atoms with Crippen LogP contribution < -0.4 is 15.5 Å². The molecule has 4 amide bonds. The SMILES string of the molecule is C=C1C=CC=C(c2ccccc2N(C)C(=O)NC)C1N(C)C(=O)NC. The first kappa shape index (κ1) is 18.3. The number of likely N-dealkylation sites (N-methyl/N-ethyl adjacent to an activating group) is 1. The first-order valence-corrected chi connectivity index (χ1v) is 7.98. The monoisotopic (exact) mass is 340 g/mol. The normalized spacial score (nSPS) is 16.1. The molecule has 0 spiro atoms. The van der Waals surface area contributed by atoms with Crippen molar-refractivity contribution in [2.75, 3.05) is 33.1 Å². The summed E-state index contributed by atoms with van der Waals surface area (Å²) < 4.78 is 0. The highest BCUT2D eigenvalue weighted by atomic mass is 16.2. The zero-order chi connectivity index (χ0) is 18.6. The van der Waals surface area contributed by atoms with Gasteiger partial charge in [0.05, 0.1) is 11.7 Å². The minimum atomic E-state index is -0.316. The van der Waals surface area contributed by atoms with Gasteiger partial charge in [0.25, 0.3) is 0 Å². The third-order valence-corrected chi connectivity index (χ3v) is 4.25. The van der Waals surface area contributed by atoms with Crippen molar-refractivity contribution in [3.05, 3.63) is 60.2 Å². The van der Waals surface area contributed by atoms with E-state index in [0.29, 0.717) is 0 Å². The van der Waals surface area contributed by atoms with E-state index in [-0.39, 0.29) is 18.1 Å². The summed E-state index contributed by atoms with van der Waals surface area (Å²) in [7, 11) is 6.63. The Morgan fingerprint density at radius 3 is 2.36 bits per heavy atom. The second-order valence-electron chi connectivity index (χ2n) is 5.76. The maximum absolute atomic E-state index is 12.2. The van der Waals surface area contributed by atoms with Gasteiger partial charge >= 0.3 is 12.1 Å². The molecule has 0 bridgehead atoms. The lowest BCUT2D eigenvalue weighted by molar-refractivity contribution is 0.208. The number of nitrogens with one attached hydrogen (secondary N) is 2. The van der Waals surface area contributed by atoms with Gasteiger partial charge in [0.2, 0.25) is 0 Å². The van der Waals surface area contributed by atoms with Gasteiger partial charge in [0, 0.05) is 33.8 Å². The van der Waals surface area contributed by atoms with Crippen molar-refractivity contribution in [2.45, 2.75) is 6.04 Å². The maximum atomic E-state index is 12.2. The van der Waals surface area contributed by atoms with E-state index in [4.69, 9.17) is 0 Å². The van der Waals surface area contributed by atoms with Gasteiger partial charge in [-0.05, 0) is 17.2 Å². The first-order valence-electron chi connectivity index (χ1n) is 7.98. The van der Waals surface area contributed by atoms with Crippen LogP contribution in [-0.2, 0) is 0 Å². The second kappa shape index (κ2) is 7.70. The molecule has 0 aliphatic heterocycles. The number of allylic oxidation sites excluding steroid dienone is 2. The fourth-order valence-electron chi connectivity index (χ4n) is 2.93. The van der Waals surface area contributed by atoms with Gasteiger partial charge < -0.3 is 15.5 Å². The van der Waals surface area contributed by atoms with Gasteiger partial charge in [-0.2, -0.15) is 0 Å². The van der Waals surface area contributed by atoms with Crippen molar-refractivity contribution in [3.63, 3.8) is 0 Å². The van der Waals surface area contributed by atoms with Crippen LogP contribution in [0.4, 0.5) is 15.3 Å². The van der Waals surface area contributed by atoms with Gasteiger partial charge in [-0.3, -0.25) is 4.90 Å². The van der Waals surface area contributed by atoms with Gasteiger partial charge in [0.1, 0.15) is 0 Å². The molecule has 1 aliphatic carbocycles. The zero-order valence-corrected chi connectivity index (χ0v) is 15.0. The van der Waals surface area contributed by atoms with Crippen molar-refractivity contribution >= 4 is 23.3 Å². The molecule has 0 fully saturated rings. The van der Waals surface area contributed by atoms with Crippen LogP contribution in [0.1, 0.15) is 5.56 Å². The minimum Gasteiger partial charge on any atom is -0.341 e. The van der Waals surface area contributed by atoms with E-state index < -0.39 is 0 Å². The van der Waals surface area contributed by atoms with E-state index in [2.05, 4.69) is 17.2 Å². The largest absolute Gasteiger partial charge is 0.341 e. The number of hydrogen-bond acceptors (Lipinski definition) is 2. The van der Waals surface area contributed by atoms with Crippen LogP contribution in [0, 0.1) is 0 Å². The number of benzene rings is 1. The molecule has 0 saturated heterocycles. The average Bonchev–Trinajstić information content (AvgIpc) is 2.65. The molecule has 25 heavy (non-hydrogen) atoms. The molecule has 1 atom stereocenters. The Balaban J connectivity index is 2.53. The summed E-state index contributed by atoms with van der Waals surface area (Å²) in [4.78, 5) is 27.4. The molecule has 0 aromatic heterocycles. The van der Waals surface area contributed by atoms with Crippen molar-refractivity contribution in [3.8, 4) is 0 Å². The van der Waals surface area contributed by atoms with Crippen LogP contribution in [0.25, 0.3) is 5.57 Å². The van der Waals surface area contributed by atoms with Gasteiger partial charge in [-0.15, -0.1) is 0 Å². The number of anilines is 1. The smallest absolute Gasteiger partial charge is 0.321 e. The number of amides is 4. The van der Waals surface area contributed by atoms with E-state index in [0.717, 1.165) is 22.4 Å². The predicted octanol–water partition coefficient (Wildman–Crippen LogP) is 2.61. The molecule has 0 saturated carbocycles. The molecule has 1 unspecified atom stereocenters. The average molecular weight is 340 g/mol. The Morgan fingerprint density at radius 2 is 1.72 bits per heavy atom. The summed E-state index contributed by atoms with van der Waals surface area (Å²) in [5, 5.41) is 5.26. The Kier molecular flexibility index (Phi) is 5.64. The van der Waals surface area contributed by atoms with E-state index in [9.17, 15) is 9.59 Å². The fraction of sp³-hybridized carbons (Fsp3) is 0.263. The number of carbonyl (C=O) groups is 2. The van der Waals surface area contributed by atoms with Crippen LogP contribution in [-0.4, -0.2) is 51.2 Å². The molecule has 1 aromatic rings. The molecule has 0 heterocycles. The summed E-state index contributed by atoms with van der Waals surface area (Å²) in [5.41, 5.74) is 3.34. The van der Waals surface area contributed by atoms with Crippen LogP contribution >= 0.6 is 0 Å².